The van der Waals surface area contributed by atoms with E-state index in [1.54, 1.807) is 12.0 Å². The maximum absolute atomic E-state index is 12.5. The summed E-state index contributed by atoms with van der Waals surface area (Å²) in [6, 6.07) is 7.58. The normalized spacial score (nSPS) is 16.9. The zero-order valence-corrected chi connectivity index (χ0v) is 15.2. The average Bonchev–Trinajstić information content (AvgIpc) is 3.15. The molecule has 10 heteroatoms. The molecule has 144 valence electrons. The van der Waals surface area contributed by atoms with Crippen LogP contribution in [0.25, 0.3) is 0 Å². The second-order valence-corrected chi connectivity index (χ2v) is 6.19. The summed E-state index contributed by atoms with van der Waals surface area (Å²) in [7, 11) is 1.65. The molecule has 2 heterocycles. The maximum atomic E-state index is 12.5. The first-order valence-corrected chi connectivity index (χ1v) is 8.54. The van der Waals surface area contributed by atoms with Gasteiger partial charge in [0.1, 0.15) is 5.75 Å². The Balaban J connectivity index is 1.57. The fraction of sp³-hybridized carbons (Fsp3) is 0.412. The van der Waals surface area contributed by atoms with Crippen LogP contribution in [0.5, 0.6) is 5.75 Å². The number of anilines is 1. The molecule has 1 unspecified atom stereocenters. The number of amides is 3. The van der Waals surface area contributed by atoms with E-state index in [2.05, 4.69) is 20.4 Å². The molecular weight excluding hydrogens is 352 g/mol. The summed E-state index contributed by atoms with van der Waals surface area (Å²) >= 11 is 0. The zero-order chi connectivity index (χ0) is 19.4. The molecule has 1 fully saturated rings. The topological polar surface area (TPSA) is 127 Å². The maximum Gasteiger partial charge on any atom is 0.318 e. The van der Waals surface area contributed by atoms with Crippen molar-refractivity contribution in [3.63, 3.8) is 0 Å². The SMILES string of the molecule is COc1ccccc1N1CCN(C(=O)NCc2nc(C(N)=O)no2)C(C)C1. The Bertz CT molecular complexity index is 823. The second-order valence-electron chi connectivity index (χ2n) is 6.19. The Hall–Kier alpha value is -3.30. The van der Waals surface area contributed by atoms with Gasteiger partial charge in [-0.1, -0.05) is 17.3 Å². The molecule has 1 saturated heterocycles. The molecular formula is C17H22N6O4. The Kier molecular flexibility index (Phi) is 5.43. The van der Waals surface area contributed by atoms with Gasteiger partial charge in [-0.05, 0) is 19.1 Å². The number of ether oxygens (including phenoxy) is 1. The molecule has 0 radical (unpaired) electrons. The fourth-order valence-electron chi connectivity index (χ4n) is 3.05. The van der Waals surface area contributed by atoms with Gasteiger partial charge in [0.15, 0.2) is 0 Å². The fourth-order valence-corrected chi connectivity index (χ4v) is 3.05. The van der Waals surface area contributed by atoms with Crippen molar-refractivity contribution < 1.29 is 18.8 Å². The van der Waals surface area contributed by atoms with Gasteiger partial charge in [-0.15, -0.1) is 0 Å². The molecule has 3 N–H and O–H groups in total. The van der Waals surface area contributed by atoms with Crippen molar-refractivity contribution in [2.75, 3.05) is 31.6 Å². The van der Waals surface area contributed by atoms with Crippen LogP contribution in [0, 0.1) is 0 Å². The first kappa shape index (κ1) is 18.5. The first-order valence-electron chi connectivity index (χ1n) is 8.54. The lowest BCUT2D eigenvalue weighted by atomic mass is 10.1. The lowest BCUT2D eigenvalue weighted by Crippen LogP contribution is -2.56. The number of hydrogen-bond donors (Lipinski definition) is 2. The summed E-state index contributed by atoms with van der Waals surface area (Å²) < 4.78 is 10.3. The lowest BCUT2D eigenvalue weighted by molar-refractivity contribution is 0.0987. The summed E-state index contributed by atoms with van der Waals surface area (Å²) in [4.78, 5) is 31.2. The van der Waals surface area contributed by atoms with Crippen LogP contribution >= 0.6 is 0 Å². The number of benzene rings is 1. The van der Waals surface area contributed by atoms with Crippen molar-refractivity contribution in [3.8, 4) is 5.75 Å². The van der Waals surface area contributed by atoms with E-state index in [1.807, 2.05) is 31.2 Å². The van der Waals surface area contributed by atoms with Crippen LogP contribution in [0.1, 0.15) is 23.4 Å². The molecule has 3 rings (SSSR count). The highest BCUT2D eigenvalue weighted by Gasteiger charge is 2.28. The van der Waals surface area contributed by atoms with Crippen molar-refractivity contribution in [1.82, 2.24) is 20.4 Å². The molecule has 3 amide bonds. The van der Waals surface area contributed by atoms with Gasteiger partial charge in [0.05, 0.1) is 19.3 Å². The number of piperazine rings is 1. The number of aromatic nitrogens is 2. The monoisotopic (exact) mass is 374 g/mol. The summed E-state index contributed by atoms with van der Waals surface area (Å²) in [5.41, 5.74) is 6.08. The van der Waals surface area contributed by atoms with Gasteiger partial charge in [0, 0.05) is 25.7 Å². The van der Waals surface area contributed by atoms with Crippen molar-refractivity contribution in [2.24, 2.45) is 5.73 Å². The summed E-state index contributed by atoms with van der Waals surface area (Å²) in [6.07, 6.45) is 0. The predicted molar refractivity (Wildman–Crippen MR) is 96.4 cm³/mol. The Morgan fingerprint density at radius 1 is 1.37 bits per heavy atom. The molecule has 0 saturated carbocycles. The number of methoxy groups -OCH3 is 1. The van der Waals surface area contributed by atoms with Crippen LogP contribution in [0.15, 0.2) is 28.8 Å². The Morgan fingerprint density at radius 3 is 2.81 bits per heavy atom. The number of carbonyl (C=O) groups is 2. The van der Waals surface area contributed by atoms with E-state index in [1.165, 1.54) is 0 Å². The van der Waals surface area contributed by atoms with E-state index < -0.39 is 5.91 Å². The largest absolute Gasteiger partial charge is 0.495 e. The molecule has 0 bridgehead atoms. The molecule has 0 aliphatic carbocycles. The molecule has 1 aliphatic rings. The molecule has 10 nitrogen and oxygen atoms in total. The standard InChI is InChI=1S/C17H22N6O4/c1-11-10-22(12-5-3-4-6-13(12)26-2)7-8-23(11)17(25)19-9-14-20-16(15(18)24)21-27-14/h3-6,11H,7-10H2,1-2H3,(H2,18,24)(H,19,25). The highest BCUT2D eigenvalue weighted by atomic mass is 16.5. The summed E-state index contributed by atoms with van der Waals surface area (Å²) in [6.45, 7) is 3.93. The minimum atomic E-state index is -0.780. The van der Waals surface area contributed by atoms with E-state index in [4.69, 9.17) is 15.0 Å². The zero-order valence-electron chi connectivity index (χ0n) is 15.2. The minimum Gasteiger partial charge on any atom is -0.495 e. The number of para-hydroxylation sites is 2. The van der Waals surface area contributed by atoms with Crippen LogP contribution in [0.3, 0.4) is 0 Å². The minimum absolute atomic E-state index is 0.00692. The van der Waals surface area contributed by atoms with Crippen LogP contribution in [0.4, 0.5) is 10.5 Å². The number of urea groups is 1. The van der Waals surface area contributed by atoms with Crippen molar-refractivity contribution in [3.05, 3.63) is 36.0 Å². The van der Waals surface area contributed by atoms with E-state index in [0.29, 0.717) is 19.6 Å². The second kappa shape index (κ2) is 7.94. The molecule has 0 spiro atoms. The van der Waals surface area contributed by atoms with Crippen LogP contribution in [0.2, 0.25) is 0 Å². The third-order valence-corrected chi connectivity index (χ3v) is 4.39. The van der Waals surface area contributed by atoms with Gasteiger partial charge >= 0.3 is 6.03 Å². The number of nitrogens with one attached hydrogen (secondary N) is 1. The number of nitrogens with two attached hydrogens (primary N) is 1. The average molecular weight is 374 g/mol. The number of nitrogens with zero attached hydrogens (tertiary/aromatic N) is 4. The molecule has 1 atom stereocenters. The predicted octanol–water partition coefficient (Wildman–Crippen LogP) is 0.597. The van der Waals surface area contributed by atoms with Crippen molar-refractivity contribution in [2.45, 2.75) is 19.5 Å². The molecule has 1 aromatic carbocycles. The molecule has 27 heavy (non-hydrogen) atoms. The van der Waals surface area contributed by atoms with E-state index in [-0.39, 0.29) is 30.3 Å². The van der Waals surface area contributed by atoms with E-state index in [0.717, 1.165) is 11.4 Å². The van der Waals surface area contributed by atoms with Gasteiger partial charge in [-0.3, -0.25) is 4.79 Å². The van der Waals surface area contributed by atoms with E-state index in [9.17, 15) is 9.59 Å². The summed E-state index contributed by atoms with van der Waals surface area (Å²) in [5.74, 6) is -0.0582. The van der Waals surface area contributed by atoms with Gasteiger partial charge in [-0.2, -0.15) is 4.98 Å². The summed E-state index contributed by atoms with van der Waals surface area (Å²) in [5, 5.41) is 6.16. The van der Waals surface area contributed by atoms with Gasteiger partial charge in [0.2, 0.25) is 5.89 Å². The van der Waals surface area contributed by atoms with Gasteiger partial charge in [-0.25, -0.2) is 4.79 Å². The Labute approximate surface area is 156 Å². The third-order valence-electron chi connectivity index (χ3n) is 4.39. The highest BCUT2D eigenvalue weighted by molar-refractivity contribution is 5.88. The van der Waals surface area contributed by atoms with Crippen LogP contribution in [-0.4, -0.2) is 59.8 Å². The Morgan fingerprint density at radius 2 is 2.15 bits per heavy atom. The number of hydrogen-bond acceptors (Lipinski definition) is 7. The molecule has 1 aliphatic heterocycles. The smallest absolute Gasteiger partial charge is 0.318 e. The molecule has 2 aromatic rings. The quantitative estimate of drug-likeness (QED) is 0.784. The van der Waals surface area contributed by atoms with Crippen LogP contribution < -0.4 is 20.7 Å². The van der Waals surface area contributed by atoms with Crippen LogP contribution in [-0.2, 0) is 6.54 Å². The lowest BCUT2D eigenvalue weighted by Gasteiger charge is -2.41. The molecule has 1 aromatic heterocycles. The number of primary amides is 1. The first-order chi connectivity index (χ1) is 13.0. The van der Waals surface area contributed by atoms with Gasteiger partial charge < -0.3 is 30.1 Å². The van der Waals surface area contributed by atoms with Gasteiger partial charge in [0.25, 0.3) is 11.7 Å². The third kappa shape index (κ3) is 4.10. The van der Waals surface area contributed by atoms with Crippen molar-refractivity contribution >= 4 is 17.6 Å². The highest BCUT2D eigenvalue weighted by Crippen LogP contribution is 2.29. The number of rotatable bonds is 5. The number of carbonyl (C=O) groups excluding carboxylic acids is 2. The van der Waals surface area contributed by atoms with E-state index >= 15 is 0 Å². The van der Waals surface area contributed by atoms with Crippen molar-refractivity contribution in [1.29, 1.82) is 0 Å².